The van der Waals surface area contributed by atoms with Crippen molar-refractivity contribution in [2.45, 2.75) is 0 Å². The molecule has 1 aromatic heterocycles. The minimum atomic E-state index is -0.199. The molecule has 0 unspecified atom stereocenters. The first-order valence-electron chi connectivity index (χ1n) is 7.66. The molecule has 25 heavy (non-hydrogen) atoms. The fourth-order valence-corrected chi connectivity index (χ4v) is 2.43. The maximum absolute atomic E-state index is 12.2. The molecule has 2 N–H and O–H groups in total. The summed E-state index contributed by atoms with van der Waals surface area (Å²) >= 11 is 0. The van der Waals surface area contributed by atoms with Crippen LogP contribution in [0.1, 0.15) is 0 Å². The molecule has 0 radical (unpaired) electrons. The second kappa shape index (κ2) is 7.48. The molecule has 0 spiro atoms. The van der Waals surface area contributed by atoms with E-state index < -0.39 is 0 Å². The van der Waals surface area contributed by atoms with Gasteiger partial charge in [0.1, 0.15) is 12.1 Å². The molecular weight excluding hydrogens is 320 g/mol. The highest BCUT2D eigenvalue weighted by Crippen LogP contribution is 2.29. The fourth-order valence-electron chi connectivity index (χ4n) is 2.43. The lowest BCUT2D eigenvalue weighted by molar-refractivity contribution is -0.114. The number of methoxy groups -OCH3 is 2. The number of hydrogen-bond donors (Lipinski definition) is 2. The van der Waals surface area contributed by atoms with Crippen LogP contribution in [0, 0.1) is 0 Å². The smallest absolute Gasteiger partial charge is 0.243 e. The third-order valence-electron chi connectivity index (χ3n) is 3.63. The normalized spacial score (nSPS) is 10.3. The summed E-state index contributed by atoms with van der Waals surface area (Å²) in [6, 6.07) is 12.8. The minimum absolute atomic E-state index is 0.0787. The molecule has 0 bridgehead atoms. The summed E-state index contributed by atoms with van der Waals surface area (Å²) in [5.74, 6) is 1.57. The second-order valence-electron chi connectivity index (χ2n) is 5.21. The summed E-state index contributed by atoms with van der Waals surface area (Å²) in [6.45, 7) is 0.0787. The van der Waals surface area contributed by atoms with Gasteiger partial charge in [-0.2, -0.15) is 0 Å². The molecule has 0 saturated heterocycles. The molecule has 128 valence electrons. The molecule has 3 aromatic rings. The molecular formula is C18H18N4O3. The van der Waals surface area contributed by atoms with E-state index in [0.29, 0.717) is 23.0 Å². The number of aromatic nitrogens is 2. The maximum Gasteiger partial charge on any atom is 0.243 e. The van der Waals surface area contributed by atoms with Crippen LogP contribution < -0.4 is 20.1 Å². The molecule has 7 heteroatoms. The summed E-state index contributed by atoms with van der Waals surface area (Å²) in [4.78, 5) is 20.6. The molecule has 7 nitrogen and oxygen atoms in total. The topological polar surface area (TPSA) is 85.4 Å². The number of ether oxygens (including phenoxy) is 2. The Hall–Kier alpha value is -3.35. The molecule has 2 aromatic carbocycles. The van der Waals surface area contributed by atoms with Gasteiger partial charge in [-0.3, -0.25) is 4.79 Å². The molecule has 0 aliphatic carbocycles. The molecule has 1 heterocycles. The predicted octanol–water partition coefficient (Wildman–Crippen LogP) is 2.70. The molecule has 3 rings (SSSR count). The van der Waals surface area contributed by atoms with E-state index >= 15 is 0 Å². The highest BCUT2D eigenvalue weighted by molar-refractivity contribution is 5.96. The number of nitrogens with one attached hydrogen (secondary N) is 2. The van der Waals surface area contributed by atoms with Crippen molar-refractivity contribution in [2.24, 2.45) is 0 Å². The van der Waals surface area contributed by atoms with Gasteiger partial charge >= 0.3 is 0 Å². The number of carbonyl (C=O) groups is 1. The SMILES string of the molecule is COc1ccc(NC(=O)CNc2ncnc3ccccc23)cc1OC. The number of rotatable bonds is 6. The van der Waals surface area contributed by atoms with Crippen LogP contribution in [0.3, 0.4) is 0 Å². The molecule has 0 atom stereocenters. The van der Waals surface area contributed by atoms with Crippen LogP contribution in [-0.4, -0.2) is 36.6 Å². The lowest BCUT2D eigenvalue weighted by Crippen LogP contribution is -2.22. The van der Waals surface area contributed by atoms with Gasteiger partial charge in [-0.05, 0) is 24.3 Å². The van der Waals surface area contributed by atoms with Crippen molar-refractivity contribution in [2.75, 3.05) is 31.4 Å². The lowest BCUT2D eigenvalue weighted by atomic mass is 10.2. The molecule has 0 aliphatic heterocycles. The van der Waals surface area contributed by atoms with Crippen molar-refractivity contribution < 1.29 is 14.3 Å². The largest absolute Gasteiger partial charge is 0.493 e. The number of nitrogens with zero attached hydrogens (tertiary/aromatic N) is 2. The zero-order chi connectivity index (χ0) is 17.6. The van der Waals surface area contributed by atoms with E-state index in [1.54, 1.807) is 32.4 Å². The van der Waals surface area contributed by atoms with Crippen molar-refractivity contribution in [1.82, 2.24) is 9.97 Å². The number of anilines is 2. The third-order valence-corrected chi connectivity index (χ3v) is 3.63. The van der Waals surface area contributed by atoms with Crippen molar-refractivity contribution >= 4 is 28.3 Å². The zero-order valence-corrected chi connectivity index (χ0v) is 13.9. The minimum Gasteiger partial charge on any atom is -0.493 e. The van der Waals surface area contributed by atoms with E-state index in [4.69, 9.17) is 9.47 Å². The van der Waals surface area contributed by atoms with Gasteiger partial charge in [0.15, 0.2) is 11.5 Å². The Morgan fingerprint density at radius 3 is 2.64 bits per heavy atom. The second-order valence-corrected chi connectivity index (χ2v) is 5.21. The van der Waals surface area contributed by atoms with E-state index in [9.17, 15) is 4.79 Å². The first kappa shape index (κ1) is 16.5. The molecule has 0 aliphatic rings. The van der Waals surface area contributed by atoms with Crippen LogP contribution in [0.2, 0.25) is 0 Å². The number of para-hydroxylation sites is 1. The van der Waals surface area contributed by atoms with Crippen LogP contribution in [0.5, 0.6) is 11.5 Å². The van der Waals surface area contributed by atoms with E-state index in [2.05, 4.69) is 20.6 Å². The number of benzene rings is 2. The number of amides is 1. The zero-order valence-electron chi connectivity index (χ0n) is 13.9. The number of fused-ring (bicyclic) bond motifs is 1. The van der Waals surface area contributed by atoms with Gasteiger partial charge in [-0.1, -0.05) is 12.1 Å². The number of hydrogen-bond acceptors (Lipinski definition) is 6. The van der Waals surface area contributed by atoms with Gasteiger partial charge in [-0.15, -0.1) is 0 Å². The van der Waals surface area contributed by atoms with Gasteiger partial charge in [0.05, 0.1) is 26.3 Å². The van der Waals surface area contributed by atoms with Gasteiger partial charge < -0.3 is 20.1 Å². The van der Waals surface area contributed by atoms with Crippen molar-refractivity contribution in [3.63, 3.8) is 0 Å². The monoisotopic (exact) mass is 338 g/mol. The highest BCUT2D eigenvalue weighted by Gasteiger charge is 2.09. The Morgan fingerprint density at radius 1 is 1.04 bits per heavy atom. The predicted molar refractivity (Wildman–Crippen MR) is 96.2 cm³/mol. The summed E-state index contributed by atoms with van der Waals surface area (Å²) in [6.07, 6.45) is 1.47. The van der Waals surface area contributed by atoms with Crippen LogP contribution in [-0.2, 0) is 4.79 Å². The standard InChI is InChI=1S/C18H18N4O3/c1-24-15-8-7-12(9-16(15)25-2)22-17(23)10-19-18-13-5-3-4-6-14(13)20-11-21-18/h3-9,11H,10H2,1-2H3,(H,22,23)(H,19,20,21). The highest BCUT2D eigenvalue weighted by atomic mass is 16.5. The average Bonchev–Trinajstić information content (AvgIpc) is 2.66. The van der Waals surface area contributed by atoms with Crippen molar-refractivity contribution in [3.8, 4) is 11.5 Å². The Balaban J connectivity index is 1.67. The van der Waals surface area contributed by atoms with Crippen LogP contribution in [0.4, 0.5) is 11.5 Å². The van der Waals surface area contributed by atoms with E-state index in [0.717, 1.165) is 10.9 Å². The van der Waals surface area contributed by atoms with E-state index in [1.807, 2.05) is 24.3 Å². The first-order chi connectivity index (χ1) is 12.2. The van der Waals surface area contributed by atoms with Crippen molar-refractivity contribution in [3.05, 3.63) is 48.8 Å². The first-order valence-corrected chi connectivity index (χ1v) is 7.66. The van der Waals surface area contributed by atoms with Gasteiger partial charge in [0, 0.05) is 17.1 Å². The lowest BCUT2D eigenvalue weighted by Gasteiger charge is -2.11. The fraction of sp³-hybridized carbons (Fsp3) is 0.167. The summed E-state index contributed by atoms with van der Waals surface area (Å²) in [5, 5.41) is 6.71. The Morgan fingerprint density at radius 2 is 1.84 bits per heavy atom. The Labute approximate surface area is 145 Å². The van der Waals surface area contributed by atoms with E-state index in [1.165, 1.54) is 6.33 Å². The summed E-state index contributed by atoms with van der Waals surface area (Å²) in [7, 11) is 3.11. The van der Waals surface area contributed by atoms with Gasteiger partial charge in [-0.25, -0.2) is 9.97 Å². The van der Waals surface area contributed by atoms with Crippen LogP contribution in [0.15, 0.2) is 48.8 Å². The Kier molecular flexibility index (Phi) is 4.94. The summed E-state index contributed by atoms with van der Waals surface area (Å²) < 4.78 is 10.4. The summed E-state index contributed by atoms with van der Waals surface area (Å²) in [5.41, 5.74) is 1.44. The number of carbonyl (C=O) groups excluding carboxylic acids is 1. The van der Waals surface area contributed by atoms with Crippen LogP contribution >= 0.6 is 0 Å². The Bertz CT molecular complexity index is 893. The molecule has 1 amide bonds. The van der Waals surface area contributed by atoms with E-state index in [-0.39, 0.29) is 12.5 Å². The van der Waals surface area contributed by atoms with Crippen molar-refractivity contribution in [1.29, 1.82) is 0 Å². The third kappa shape index (κ3) is 3.77. The average molecular weight is 338 g/mol. The van der Waals surface area contributed by atoms with Gasteiger partial charge in [0.25, 0.3) is 0 Å². The molecule has 0 saturated carbocycles. The van der Waals surface area contributed by atoms with Gasteiger partial charge in [0.2, 0.25) is 5.91 Å². The quantitative estimate of drug-likeness (QED) is 0.719. The molecule has 0 fully saturated rings. The van der Waals surface area contributed by atoms with Crippen LogP contribution in [0.25, 0.3) is 10.9 Å². The maximum atomic E-state index is 12.2.